The Hall–Kier alpha value is -2.08. The summed E-state index contributed by atoms with van der Waals surface area (Å²) in [7, 11) is 0. The van der Waals surface area contributed by atoms with Gasteiger partial charge in [-0.3, -0.25) is 14.2 Å². The van der Waals surface area contributed by atoms with Gasteiger partial charge in [-0.15, -0.1) is 0 Å². The minimum atomic E-state index is -0.242. The van der Waals surface area contributed by atoms with Crippen LogP contribution < -0.4 is 10.9 Å². The first-order valence-corrected chi connectivity index (χ1v) is 9.09. The molecule has 0 unspecified atom stereocenters. The third-order valence-corrected chi connectivity index (χ3v) is 5.52. The highest BCUT2D eigenvalue weighted by Gasteiger charge is 2.28. The summed E-state index contributed by atoms with van der Waals surface area (Å²) in [6.07, 6.45) is 0.655. The number of rotatable bonds is 3. The molecule has 1 aliphatic rings. The number of nitrogens with zero attached hydrogens (tertiary/aromatic N) is 2. The van der Waals surface area contributed by atoms with E-state index in [4.69, 9.17) is 0 Å². The number of para-hydroxylation sites is 1. The lowest BCUT2D eigenvalue weighted by molar-refractivity contribution is -0.119. The molecule has 2 heterocycles. The van der Waals surface area contributed by atoms with Crippen LogP contribution in [0.3, 0.4) is 0 Å². The Labute approximate surface area is 145 Å². The van der Waals surface area contributed by atoms with Gasteiger partial charge in [0.25, 0.3) is 5.56 Å². The molecule has 1 atom stereocenters. The minimum Gasteiger partial charge on any atom is -0.326 e. The number of hydrogen-bond acceptors (Lipinski definition) is 4. The Kier molecular flexibility index (Phi) is 4.76. The van der Waals surface area contributed by atoms with Crippen LogP contribution in [-0.4, -0.2) is 21.2 Å². The fourth-order valence-electron chi connectivity index (χ4n) is 2.91. The first-order valence-electron chi connectivity index (χ1n) is 8.10. The Morgan fingerprint density at radius 3 is 2.83 bits per heavy atom. The molecule has 126 valence electrons. The summed E-state index contributed by atoms with van der Waals surface area (Å²) in [6.45, 7) is 6.18. The summed E-state index contributed by atoms with van der Waals surface area (Å²) < 4.78 is 1.65. The van der Waals surface area contributed by atoms with Crippen molar-refractivity contribution in [3.63, 3.8) is 0 Å². The van der Waals surface area contributed by atoms with Gasteiger partial charge in [0, 0.05) is 29.2 Å². The number of anilines is 1. The third kappa shape index (κ3) is 3.11. The minimum absolute atomic E-state index is 0.0131. The van der Waals surface area contributed by atoms with Crippen molar-refractivity contribution in [1.82, 2.24) is 9.55 Å². The van der Waals surface area contributed by atoms with Crippen LogP contribution in [0.5, 0.6) is 0 Å². The molecule has 5 nitrogen and oxygen atoms in total. The number of aromatic nitrogens is 2. The Morgan fingerprint density at radius 1 is 1.38 bits per heavy atom. The lowest BCUT2D eigenvalue weighted by Crippen LogP contribution is -2.38. The van der Waals surface area contributed by atoms with E-state index in [0.717, 1.165) is 27.7 Å². The molecule has 1 aliphatic heterocycles. The number of nitrogens with one attached hydrogen (secondary N) is 1. The van der Waals surface area contributed by atoms with Crippen LogP contribution in [0.4, 0.5) is 5.69 Å². The lowest BCUT2D eigenvalue weighted by atomic mass is 10.1. The second-order valence-electron chi connectivity index (χ2n) is 6.04. The molecule has 1 amide bonds. The van der Waals surface area contributed by atoms with Crippen LogP contribution in [0.25, 0.3) is 0 Å². The van der Waals surface area contributed by atoms with Gasteiger partial charge in [0.1, 0.15) is 0 Å². The van der Waals surface area contributed by atoms with E-state index >= 15 is 0 Å². The maximum absolute atomic E-state index is 12.6. The molecule has 6 heteroatoms. The van der Waals surface area contributed by atoms with Crippen molar-refractivity contribution in [3.05, 3.63) is 51.4 Å². The summed E-state index contributed by atoms with van der Waals surface area (Å²) in [5.74, 6) is 0.344. The average Bonchev–Trinajstić information content (AvgIpc) is 2.57. The summed E-state index contributed by atoms with van der Waals surface area (Å²) in [6, 6.07) is 7.70. The van der Waals surface area contributed by atoms with Crippen molar-refractivity contribution >= 4 is 23.4 Å². The standard InChI is InChI=1S/C18H21N3O2S/c1-4-14-12(3)19-18-21(17(14)23)9-13(10-24-18)16(22)20-15-8-6-5-7-11(15)2/h5-8,13H,4,9-10H2,1-3H3,(H,20,22)/t13-/m0/s1. The first kappa shape index (κ1) is 16.8. The first-order chi connectivity index (χ1) is 11.5. The van der Waals surface area contributed by atoms with Crippen molar-refractivity contribution in [2.45, 2.75) is 38.9 Å². The number of hydrogen-bond donors (Lipinski definition) is 1. The number of amides is 1. The second kappa shape index (κ2) is 6.81. The largest absolute Gasteiger partial charge is 0.326 e. The molecule has 3 rings (SSSR count). The van der Waals surface area contributed by atoms with Crippen LogP contribution in [-0.2, 0) is 17.8 Å². The quantitative estimate of drug-likeness (QED) is 0.871. The summed E-state index contributed by atoms with van der Waals surface area (Å²) in [5, 5.41) is 3.70. The van der Waals surface area contributed by atoms with Crippen molar-refractivity contribution in [1.29, 1.82) is 0 Å². The molecular formula is C18H21N3O2S. The van der Waals surface area contributed by atoms with Crippen LogP contribution in [0.1, 0.15) is 23.7 Å². The lowest BCUT2D eigenvalue weighted by Gasteiger charge is -2.25. The zero-order valence-corrected chi connectivity index (χ0v) is 14.9. The van der Waals surface area contributed by atoms with E-state index in [1.807, 2.05) is 45.0 Å². The van der Waals surface area contributed by atoms with E-state index in [0.29, 0.717) is 18.7 Å². The van der Waals surface area contributed by atoms with Gasteiger partial charge in [-0.05, 0) is 31.9 Å². The fraction of sp³-hybridized carbons (Fsp3) is 0.389. The molecule has 0 radical (unpaired) electrons. The second-order valence-corrected chi connectivity index (χ2v) is 7.03. The van der Waals surface area contributed by atoms with Gasteiger partial charge in [-0.1, -0.05) is 36.9 Å². The van der Waals surface area contributed by atoms with Gasteiger partial charge >= 0.3 is 0 Å². The van der Waals surface area contributed by atoms with Gasteiger partial charge in [0.2, 0.25) is 5.91 Å². The zero-order chi connectivity index (χ0) is 17.3. The van der Waals surface area contributed by atoms with Crippen LogP contribution >= 0.6 is 11.8 Å². The number of thioether (sulfide) groups is 1. The van der Waals surface area contributed by atoms with Gasteiger partial charge in [0.15, 0.2) is 5.16 Å². The van der Waals surface area contributed by atoms with Crippen LogP contribution in [0.15, 0.2) is 34.2 Å². The van der Waals surface area contributed by atoms with E-state index in [9.17, 15) is 9.59 Å². The molecule has 0 spiro atoms. The molecule has 0 saturated carbocycles. The molecule has 0 saturated heterocycles. The highest BCUT2D eigenvalue weighted by molar-refractivity contribution is 7.99. The number of benzene rings is 1. The van der Waals surface area contributed by atoms with Crippen molar-refractivity contribution in [3.8, 4) is 0 Å². The van der Waals surface area contributed by atoms with E-state index in [1.54, 1.807) is 4.57 Å². The van der Waals surface area contributed by atoms with Crippen LogP contribution in [0.2, 0.25) is 0 Å². The highest BCUT2D eigenvalue weighted by Crippen LogP contribution is 2.27. The fourth-order valence-corrected chi connectivity index (χ4v) is 4.03. The molecule has 1 N–H and O–H groups in total. The average molecular weight is 343 g/mol. The molecule has 0 bridgehead atoms. The third-order valence-electron chi connectivity index (χ3n) is 4.38. The smallest absolute Gasteiger partial charge is 0.257 e. The van der Waals surface area contributed by atoms with Gasteiger partial charge in [-0.25, -0.2) is 4.98 Å². The van der Waals surface area contributed by atoms with E-state index in [2.05, 4.69) is 10.3 Å². The number of aryl methyl sites for hydroxylation is 2. The summed E-state index contributed by atoms with van der Waals surface area (Å²) in [5.41, 5.74) is 3.36. The maximum Gasteiger partial charge on any atom is 0.257 e. The number of fused-ring (bicyclic) bond motifs is 1. The number of carbonyl (C=O) groups excluding carboxylic acids is 1. The van der Waals surface area contributed by atoms with Crippen molar-refractivity contribution in [2.75, 3.05) is 11.1 Å². The predicted molar refractivity (Wildman–Crippen MR) is 96.6 cm³/mol. The molecule has 1 aromatic carbocycles. The van der Waals surface area contributed by atoms with Crippen molar-refractivity contribution < 1.29 is 4.79 Å². The Morgan fingerprint density at radius 2 is 2.12 bits per heavy atom. The Bertz CT molecular complexity index is 845. The van der Waals surface area contributed by atoms with E-state index < -0.39 is 0 Å². The number of carbonyl (C=O) groups is 1. The molecule has 2 aromatic rings. The predicted octanol–water partition coefficient (Wildman–Crippen LogP) is 2.78. The summed E-state index contributed by atoms with van der Waals surface area (Å²) >= 11 is 1.48. The van der Waals surface area contributed by atoms with Crippen molar-refractivity contribution in [2.24, 2.45) is 5.92 Å². The van der Waals surface area contributed by atoms with E-state index in [-0.39, 0.29) is 17.4 Å². The highest BCUT2D eigenvalue weighted by atomic mass is 32.2. The molecule has 0 aliphatic carbocycles. The monoisotopic (exact) mass is 343 g/mol. The molecule has 0 fully saturated rings. The molecule has 24 heavy (non-hydrogen) atoms. The van der Waals surface area contributed by atoms with E-state index in [1.165, 1.54) is 11.8 Å². The van der Waals surface area contributed by atoms with Gasteiger partial charge < -0.3 is 5.32 Å². The summed E-state index contributed by atoms with van der Waals surface area (Å²) in [4.78, 5) is 29.8. The molecule has 1 aromatic heterocycles. The van der Waals surface area contributed by atoms with Gasteiger partial charge in [0.05, 0.1) is 5.92 Å². The maximum atomic E-state index is 12.6. The molecular weight excluding hydrogens is 322 g/mol. The van der Waals surface area contributed by atoms with Crippen LogP contribution in [0, 0.1) is 19.8 Å². The Balaban J connectivity index is 1.83. The normalized spacial score (nSPS) is 16.5. The van der Waals surface area contributed by atoms with Gasteiger partial charge in [-0.2, -0.15) is 0 Å². The topological polar surface area (TPSA) is 64.0 Å². The zero-order valence-electron chi connectivity index (χ0n) is 14.1. The SMILES string of the molecule is CCc1c(C)nc2n(c1=O)C[C@H](C(=O)Nc1ccccc1C)CS2.